The van der Waals surface area contributed by atoms with E-state index in [0.29, 0.717) is 32.3 Å². The summed E-state index contributed by atoms with van der Waals surface area (Å²) in [5, 5.41) is 28.9. The molecule has 0 radical (unpaired) electrons. The van der Waals surface area contributed by atoms with Gasteiger partial charge >= 0.3 is 0 Å². The first-order valence-electron chi connectivity index (χ1n) is 7.40. The van der Waals surface area contributed by atoms with Gasteiger partial charge in [-0.15, -0.1) is 0 Å². The van der Waals surface area contributed by atoms with Crippen LogP contribution >= 0.6 is 0 Å². The highest BCUT2D eigenvalue weighted by Gasteiger charge is 2.42. The van der Waals surface area contributed by atoms with Gasteiger partial charge in [0, 0.05) is 6.61 Å². The quantitative estimate of drug-likeness (QED) is 0.495. The lowest BCUT2D eigenvalue weighted by molar-refractivity contribution is -0.294. The average Bonchev–Trinajstić information content (AvgIpc) is 2.44. The molecule has 3 N–H and O–H groups in total. The highest BCUT2D eigenvalue weighted by Crippen LogP contribution is 2.21. The molecule has 0 aromatic carbocycles. The molecule has 5 atom stereocenters. The zero-order valence-electron chi connectivity index (χ0n) is 13.0. The molecule has 0 aromatic rings. The lowest BCUT2D eigenvalue weighted by Gasteiger charge is -2.38. The van der Waals surface area contributed by atoms with E-state index in [1.807, 2.05) is 0 Å². The molecule has 0 aliphatic carbocycles. The van der Waals surface area contributed by atoms with Crippen molar-refractivity contribution in [2.45, 2.75) is 51.5 Å². The maximum atomic E-state index is 9.73. The third-order valence-electron chi connectivity index (χ3n) is 3.14. The zero-order chi connectivity index (χ0) is 15.8. The standard InChI is InChI=1S/C14H28O7/c1-9(2)8-19-5-4-18-6-7-20-14-13(17)12(16)11(15)10(3)21-14/h9-17H,4-8H2,1-3H3/t10-,11+,12?,13?,14+/m0/s1. The molecule has 1 fully saturated rings. The second-order valence-corrected chi connectivity index (χ2v) is 5.63. The number of hydrogen-bond acceptors (Lipinski definition) is 7. The minimum atomic E-state index is -1.27. The molecular formula is C14H28O7. The van der Waals surface area contributed by atoms with E-state index in [-0.39, 0.29) is 6.61 Å². The highest BCUT2D eigenvalue weighted by atomic mass is 16.7. The maximum absolute atomic E-state index is 9.73. The first-order chi connectivity index (χ1) is 9.93. The van der Waals surface area contributed by atoms with Crippen LogP contribution in [0.3, 0.4) is 0 Å². The summed E-state index contributed by atoms with van der Waals surface area (Å²) >= 11 is 0. The van der Waals surface area contributed by atoms with Crippen LogP contribution in [0.2, 0.25) is 0 Å². The summed E-state index contributed by atoms with van der Waals surface area (Å²) in [6.45, 7) is 8.04. The Labute approximate surface area is 125 Å². The summed E-state index contributed by atoms with van der Waals surface area (Å²) in [6.07, 6.45) is -5.22. The van der Waals surface area contributed by atoms with Crippen LogP contribution in [0, 0.1) is 5.92 Å². The number of aliphatic hydroxyl groups is 3. The molecule has 1 aliphatic rings. The van der Waals surface area contributed by atoms with Crippen LogP contribution in [0.5, 0.6) is 0 Å². The van der Waals surface area contributed by atoms with Crippen molar-refractivity contribution in [3.63, 3.8) is 0 Å². The monoisotopic (exact) mass is 308 g/mol. The van der Waals surface area contributed by atoms with E-state index in [1.54, 1.807) is 6.92 Å². The fraction of sp³-hybridized carbons (Fsp3) is 1.00. The smallest absolute Gasteiger partial charge is 0.186 e. The summed E-state index contributed by atoms with van der Waals surface area (Å²) in [5.41, 5.74) is 0. The summed E-state index contributed by atoms with van der Waals surface area (Å²) < 4.78 is 21.3. The van der Waals surface area contributed by atoms with Crippen LogP contribution in [0.1, 0.15) is 20.8 Å². The summed E-state index contributed by atoms with van der Waals surface area (Å²) in [4.78, 5) is 0. The van der Waals surface area contributed by atoms with E-state index in [1.165, 1.54) is 0 Å². The van der Waals surface area contributed by atoms with Crippen LogP contribution in [0.15, 0.2) is 0 Å². The lowest BCUT2D eigenvalue weighted by atomic mass is 10.0. The van der Waals surface area contributed by atoms with Crippen LogP contribution in [-0.4, -0.2) is 79.1 Å². The van der Waals surface area contributed by atoms with Gasteiger partial charge < -0.3 is 34.3 Å². The Bertz CT molecular complexity index is 274. The van der Waals surface area contributed by atoms with Crippen molar-refractivity contribution in [1.82, 2.24) is 0 Å². The fourth-order valence-corrected chi connectivity index (χ4v) is 1.91. The van der Waals surface area contributed by atoms with Crippen molar-refractivity contribution in [2.24, 2.45) is 5.92 Å². The first-order valence-corrected chi connectivity index (χ1v) is 7.40. The second-order valence-electron chi connectivity index (χ2n) is 5.63. The molecule has 2 unspecified atom stereocenters. The van der Waals surface area contributed by atoms with Gasteiger partial charge in [0.15, 0.2) is 6.29 Å². The minimum absolute atomic E-state index is 0.224. The Morgan fingerprint density at radius 2 is 1.52 bits per heavy atom. The van der Waals surface area contributed by atoms with Gasteiger partial charge in [-0.25, -0.2) is 0 Å². The van der Waals surface area contributed by atoms with E-state index < -0.39 is 30.7 Å². The third kappa shape index (κ3) is 6.56. The van der Waals surface area contributed by atoms with Crippen molar-refractivity contribution in [2.75, 3.05) is 33.0 Å². The Balaban J connectivity index is 2.07. The van der Waals surface area contributed by atoms with Gasteiger partial charge in [-0.1, -0.05) is 13.8 Å². The van der Waals surface area contributed by atoms with E-state index in [9.17, 15) is 15.3 Å². The average molecular weight is 308 g/mol. The van der Waals surface area contributed by atoms with Crippen LogP contribution in [0.25, 0.3) is 0 Å². The van der Waals surface area contributed by atoms with Crippen LogP contribution < -0.4 is 0 Å². The zero-order valence-corrected chi connectivity index (χ0v) is 13.0. The van der Waals surface area contributed by atoms with Gasteiger partial charge in [-0.05, 0) is 12.8 Å². The van der Waals surface area contributed by atoms with Crippen molar-refractivity contribution in [3.8, 4) is 0 Å². The highest BCUT2D eigenvalue weighted by molar-refractivity contribution is 4.87. The number of rotatable bonds is 9. The normalized spacial score (nSPS) is 33.6. The van der Waals surface area contributed by atoms with Crippen molar-refractivity contribution in [3.05, 3.63) is 0 Å². The largest absolute Gasteiger partial charge is 0.388 e. The molecule has 1 heterocycles. The molecule has 126 valence electrons. The number of hydrogen-bond donors (Lipinski definition) is 3. The number of ether oxygens (including phenoxy) is 4. The number of aliphatic hydroxyl groups excluding tert-OH is 3. The topological polar surface area (TPSA) is 97.6 Å². The first kappa shape index (κ1) is 18.8. The van der Waals surface area contributed by atoms with Gasteiger partial charge in [-0.3, -0.25) is 0 Å². The van der Waals surface area contributed by atoms with Crippen molar-refractivity contribution < 1.29 is 34.3 Å². The Morgan fingerprint density at radius 3 is 2.19 bits per heavy atom. The molecule has 7 nitrogen and oxygen atoms in total. The molecule has 21 heavy (non-hydrogen) atoms. The van der Waals surface area contributed by atoms with Gasteiger partial charge in [0.05, 0.1) is 32.5 Å². The van der Waals surface area contributed by atoms with E-state index >= 15 is 0 Å². The fourth-order valence-electron chi connectivity index (χ4n) is 1.91. The molecule has 1 rings (SSSR count). The predicted molar refractivity (Wildman–Crippen MR) is 74.8 cm³/mol. The molecule has 1 aliphatic heterocycles. The third-order valence-corrected chi connectivity index (χ3v) is 3.14. The van der Waals surface area contributed by atoms with Crippen LogP contribution in [-0.2, 0) is 18.9 Å². The molecule has 1 saturated heterocycles. The molecular weight excluding hydrogens is 280 g/mol. The van der Waals surface area contributed by atoms with Crippen molar-refractivity contribution in [1.29, 1.82) is 0 Å². The Hall–Kier alpha value is -0.280. The van der Waals surface area contributed by atoms with Gasteiger partial charge in [0.25, 0.3) is 0 Å². The van der Waals surface area contributed by atoms with Gasteiger partial charge in [-0.2, -0.15) is 0 Å². The molecule has 0 bridgehead atoms. The summed E-state index contributed by atoms with van der Waals surface area (Å²) in [7, 11) is 0. The summed E-state index contributed by atoms with van der Waals surface area (Å²) in [6, 6.07) is 0. The lowest BCUT2D eigenvalue weighted by Crippen LogP contribution is -2.57. The summed E-state index contributed by atoms with van der Waals surface area (Å²) in [5.74, 6) is 0.502. The van der Waals surface area contributed by atoms with E-state index in [2.05, 4.69) is 13.8 Å². The molecule has 0 spiro atoms. The maximum Gasteiger partial charge on any atom is 0.186 e. The molecule has 0 amide bonds. The van der Waals surface area contributed by atoms with E-state index in [4.69, 9.17) is 18.9 Å². The van der Waals surface area contributed by atoms with Crippen molar-refractivity contribution >= 4 is 0 Å². The van der Waals surface area contributed by atoms with E-state index in [0.717, 1.165) is 0 Å². The predicted octanol–water partition coefficient (Wildman–Crippen LogP) is -0.480. The SMILES string of the molecule is CC(C)COCCOCCO[C@@H]1O[C@@H](C)[C@@H](O)C(O)C1O. The Kier molecular flexibility index (Phi) is 8.65. The second kappa shape index (κ2) is 9.68. The van der Waals surface area contributed by atoms with Gasteiger partial charge in [0.2, 0.25) is 0 Å². The molecule has 0 aromatic heterocycles. The van der Waals surface area contributed by atoms with Gasteiger partial charge in [0.1, 0.15) is 18.3 Å². The molecule has 0 saturated carbocycles. The van der Waals surface area contributed by atoms with Crippen LogP contribution in [0.4, 0.5) is 0 Å². The molecule has 7 heteroatoms. The Morgan fingerprint density at radius 1 is 0.905 bits per heavy atom. The minimum Gasteiger partial charge on any atom is -0.388 e.